The second-order valence-corrected chi connectivity index (χ2v) is 5.25. The molecule has 19 heavy (non-hydrogen) atoms. The van der Waals surface area contributed by atoms with Gasteiger partial charge in [-0.15, -0.1) is 0 Å². The van der Waals surface area contributed by atoms with Crippen molar-refractivity contribution < 1.29 is 9.59 Å². The van der Waals surface area contributed by atoms with Crippen molar-refractivity contribution in [1.82, 2.24) is 0 Å². The van der Waals surface area contributed by atoms with E-state index in [2.05, 4.69) is 0 Å². The van der Waals surface area contributed by atoms with Gasteiger partial charge in [0, 0.05) is 12.0 Å². The predicted molar refractivity (Wildman–Crippen MR) is 70.3 cm³/mol. The second-order valence-electron chi connectivity index (χ2n) is 5.25. The van der Waals surface area contributed by atoms with Crippen LogP contribution in [0.25, 0.3) is 0 Å². The quantitative estimate of drug-likeness (QED) is 0.796. The van der Waals surface area contributed by atoms with Gasteiger partial charge in [-0.1, -0.05) is 26.0 Å². The number of benzene rings is 1. The number of hydrogen-bond donors (Lipinski definition) is 1. The lowest BCUT2D eigenvalue weighted by molar-refractivity contribution is -0.122. The van der Waals surface area contributed by atoms with Gasteiger partial charge in [0.05, 0.1) is 12.1 Å². The number of rotatable bonds is 2. The zero-order chi connectivity index (χ0) is 14.2. The number of nitriles is 1. The zero-order valence-corrected chi connectivity index (χ0v) is 10.9. The number of carbonyl (C=O) groups is 2. The summed E-state index contributed by atoms with van der Waals surface area (Å²) in [6.07, 6.45) is 0.150. The van der Waals surface area contributed by atoms with Gasteiger partial charge < -0.3 is 5.73 Å². The van der Waals surface area contributed by atoms with E-state index in [1.54, 1.807) is 6.07 Å². The maximum atomic E-state index is 11.8. The molecule has 0 aromatic heterocycles. The molecule has 1 aliphatic rings. The summed E-state index contributed by atoms with van der Waals surface area (Å²) in [4.78, 5) is 24.2. The van der Waals surface area contributed by atoms with E-state index >= 15 is 0 Å². The SMILES string of the molecule is CC(C)(CN)c1ccc2c(c1)CC(=O)N2C(=O)C#N. The molecule has 1 aromatic carbocycles. The van der Waals surface area contributed by atoms with Crippen LogP contribution in [0.2, 0.25) is 0 Å². The second kappa shape index (κ2) is 4.48. The molecule has 2 N–H and O–H groups in total. The molecule has 1 heterocycles. The van der Waals surface area contributed by atoms with Gasteiger partial charge in [-0.25, -0.2) is 4.90 Å². The summed E-state index contributed by atoms with van der Waals surface area (Å²) in [5, 5.41) is 8.65. The van der Waals surface area contributed by atoms with Crippen molar-refractivity contribution in [3.05, 3.63) is 29.3 Å². The van der Waals surface area contributed by atoms with Crippen LogP contribution in [-0.2, 0) is 21.4 Å². The fraction of sp³-hybridized carbons (Fsp3) is 0.357. The number of nitrogens with zero attached hydrogens (tertiary/aromatic N) is 2. The molecule has 2 rings (SSSR count). The third-order valence-electron chi connectivity index (χ3n) is 3.50. The highest BCUT2D eigenvalue weighted by Gasteiger charge is 2.33. The molecule has 0 unspecified atom stereocenters. The molecule has 0 saturated carbocycles. The van der Waals surface area contributed by atoms with Crippen molar-refractivity contribution in [2.24, 2.45) is 5.73 Å². The lowest BCUT2D eigenvalue weighted by Crippen LogP contribution is -2.32. The van der Waals surface area contributed by atoms with Crippen molar-refractivity contribution >= 4 is 17.5 Å². The Labute approximate surface area is 111 Å². The van der Waals surface area contributed by atoms with E-state index in [4.69, 9.17) is 11.0 Å². The molecule has 0 fully saturated rings. The van der Waals surface area contributed by atoms with Gasteiger partial charge >= 0.3 is 5.91 Å². The average Bonchev–Trinajstić information content (AvgIpc) is 2.72. The molecule has 2 amide bonds. The van der Waals surface area contributed by atoms with E-state index in [0.717, 1.165) is 16.0 Å². The average molecular weight is 257 g/mol. The zero-order valence-electron chi connectivity index (χ0n) is 10.9. The normalized spacial score (nSPS) is 14.2. The Kier molecular flexibility index (Phi) is 3.13. The van der Waals surface area contributed by atoms with Crippen LogP contribution in [0.15, 0.2) is 18.2 Å². The van der Waals surface area contributed by atoms with Gasteiger partial charge in [0.1, 0.15) is 0 Å². The standard InChI is InChI=1S/C14H15N3O2/c1-14(2,8-16)10-3-4-11-9(5-10)6-12(18)17(11)13(19)7-15/h3-5H,6,8,16H2,1-2H3. The van der Waals surface area contributed by atoms with Crippen LogP contribution in [0.4, 0.5) is 5.69 Å². The lowest BCUT2D eigenvalue weighted by atomic mass is 9.84. The van der Waals surface area contributed by atoms with E-state index < -0.39 is 5.91 Å². The van der Waals surface area contributed by atoms with Gasteiger partial charge in [0.15, 0.2) is 6.07 Å². The van der Waals surface area contributed by atoms with Crippen molar-refractivity contribution in [3.8, 4) is 6.07 Å². The number of nitrogens with two attached hydrogens (primary N) is 1. The first kappa shape index (κ1) is 13.2. The number of anilines is 1. The van der Waals surface area contributed by atoms with Gasteiger partial charge in [-0.3, -0.25) is 9.59 Å². The highest BCUT2D eigenvalue weighted by molar-refractivity contribution is 6.23. The highest BCUT2D eigenvalue weighted by Crippen LogP contribution is 2.33. The van der Waals surface area contributed by atoms with Gasteiger partial charge in [-0.2, -0.15) is 5.26 Å². The first-order valence-electron chi connectivity index (χ1n) is 6.01. The van der Waals surface area contributed by atoms with Gasteiger partial charge in [-0.05, 0) is 17.2 Å². The fourth-order valence-electron chi connectivity index (χ4n) is 2.13. The summed E-state index contributed by atoms with van der Waals surface area (Å²) < 4.78 is 0. The fourth-order valence-corrected chi connectivity index (χ4v) is 2.13. The van der Waals surface area contributed by atoms with E-state index in [-0.39, 0.29) is 17.7 Å². The number of amides is 2. The van der Waals surface area contributed by atoms with Crippen molar-refractivity contribution in [2.45, 2.75) is 25.7 Å². The molecule has 0 saturated heterocycles. The Morgan fingerprint density at radius 1 is 1.53 bits per heavy atom. The number of carbonyl (C=O) groups excluding carboxylic acids is 2. The Morgan fingerprint density at radius 2 is 2.21 bits per heavy atom. The summed E-state index contributed by atoms with van der Waals surface area (Å²) in [6.45, 7) is 4.52. The molecule has 0 spiro atoms. The van der Waals surface area contributed by atoms with E-state index in [1.807, 2.05) is 26.0 Å². The van der Waals surface area contributed by atoms with Crippen LogP contribution < -0.4 is 10.6 Å². The predicted octanol–water partition coefficient (Wildman–Crippen LogP) is 0.862. The van der Waals surface area contributed by atoms with Gasteiger partial charge in [0.2, 0.25) is 5.91 Å². The summed E-state index contributed by atoms with van der Waals surface area (Å²) in [5.41, 5.74) is 7.84. The highest BCUT2D eigenvalue weighted by atomic mass is 16.2. The smallest absolute Gasteiger partial charge is 0.330 e. The van der Waals surface area contributed by atoms with Crippen LogP contribution in [0.5, 0.6) is 0 Å². The molecule has 0 bridgehead atoms. The Balaban J connectivity index is 2.46. The maximum Gasteiger partial charge on any atom is 0.336 e. The molecule has 98 valence electrons. The number of fused-ring (bicyclic) bond motifs is 1. The molecule has 5 nitrogen and oxygen atoms in total. The summed E-state index contributed by atoms with van der Waals surface area (Å²) >= 11 is 0. The van der Waals surface area contributed by atoms with Crippen molar-refractivity contribution in [3.63, 3.8) is 0 Å². The van der Waals surface area contributed by atoms with E-state index in [0.29, 0.717) is 12.2 Å². The third-order valence-corrected chi connectivity index (χ3v) is 3.50. The van der Waals surface area contributed by atoms with Gasteiger partial charge in [0.25, 0.3) is 0 Å². The lowest BCUT2D eigenvalue weighted by Gasteiger charge is -2.24. The first-order valence-corrected chi connectivity index (χ1v) is 6.01. The minimum Gasteiger partial charge on any atom is -0.330 e. The Bertz CT molecular complexity index is 599. The third kappa shape index (κ3) is 2.11. The minimum absolute atomic E-state index is 0.150. The molecule has 1 aliphatic heterocycles. The van der Waals surface area contributed by atoms with Crippen LogP contribution in [0.1, 0.15) is 25.0 Å². The Morgan fingerprint density at radius 3 is 2.79 bits per heavy atom. The number of imide groups is 1. The van der Waals surface area contributed by atoms with Crippen LogP contribution in [0.3, 0.4) is 0 Å². The molecular formula is C14H15N3O2. The molecule has 1 aromatic rings. The molecular weight excluding hydrogens is 242 g/mol. The molecule has 0 radical (unpaired) electrons. The molecule has 5 heteroatoms. The molecule has 0 aliphatic carbocycles. The monoisotopic (exact) mass is 257 g/mol. The van der Waals surface area contributed by atoms with Crippen LogP contribution >= 0.6 is 0 Å². The summed E-state index contributed by atoms with van der Waals surface area (Å²) in [7, 11) is 0. The summed E-state index contributed by atoms with van der Waals surface area (Å²) in [6, 6.07) is 6.93. The van der Waals surface area contributed by atoms with Crippen molar-refractivity contribution in [2.75, 3.05) is 11.4 Å². The number of hydrogen-bond acceptors (Lipinski definition) is 4. The Hall–Kier alpha value is -2.19. The van der Waals surface area contributed by atoms with Crippen LogP contribution in [0, 0.1) is 11.3 Å². The summed E-state index contributed by atoms with van der Waals surface area (Å²) in [5.74, 6) is -1.20. The van der Waals surface area contributed by atoms with E-state index in [1.165, 1.54) is 6.07 Å². The topological polar surface area (TPSA) is 87.2 Å². The molecule has 0 atom stereocenters. The largest absolute Gasteiger partial charge is 0.336 e. The minimum atomic E-state index is -0.838. The van der Waals surface area contributed by atoms with Crippen molar-refractivity contribution in [1.29, 1.82) is 5.26 Å². The van der Waals surface area contributed by atoms with E-state index in [9.17, 15) is 9.59 Å². The maximum absolute atomic E-state index is 11.8. The first-order chi connectivity index (χ1) is 8.90. The van der Waals surface area contributed by atoms with Crippen LogP contribution in [-0.4, -0.2) is 18.4 Å².